The molecule has 0 bridgehead atoms. The van der Waals surface area contributed by atoms with Gasteiger partial charge in [-0.05, 0) is 50.9 Å². The van der Waals surface area contributed by atoms with Gasteiger partial charge < -0.3 is 0 Å². The van der Waals surface area contributed by atoms with Gasteiger partial charge >= 0.3 is 0 Å². The van der Waals surface area contributed by atoms with Gasteiger partial charge in [-0.15, -0.1) is 0 Å². The van der Waals surface area contributed by atoms with Gasteiger partial charge in [-0.1, -0.05) is 68.4 Å². The summed E-state index contributed by atoms with van der Waals surface area (Å²) in [6.45, 7) is 4.52. The lowest BCUT2D eigenvalue weighted by Crippen LogP contribution is -1.88. The summed E-state index contributed by atoms with van der Waals surface area (Å²) in [5.74, 6) is 0.588. The second-order valence-corrected chi connectivity index (χ2v) is 6.06. The minimum Gasteiger partial charge on any atom is -0.0616 e. The maximum absolute atomic E-state index is 2.39. The van der Waals surface area contributed by atoms with E-state index in [-0.39, 0.29) is 0 Å². The molecule has 0 saturated heterocycles. The maximum atomic E-state index is 2.39. The highest BCUT2D eigenvalue weighted by atomic mass is 14.2. The lowest BCUT2D eigenvalue weighted by atomic mass is 9.96. The van der Waals surface area contributed by atoms with Crippen LogP contribution in [0.3, 0.4) is 0 Å². The molecule has 0 N–H and O–H groups in total. The molecule has 0 aliphatic heterocycles. The van der Waals surface area contributed by atoms with E-state index in [0.717, 1.165) is 6.42 Å². The lowest BCUT2D eigenvalue weighted by molar-refractivity contribution is 0.866. The molecule has 0 spiro atoms. The van der Waals surface area contributed by atoms with Crippen molar-refractivity contribution in [2.75, 3.05) is 0 Å². The van der Waals surface area contributed by atoms with Crippen LogP contribution in [0.4, 0.5) is 0 Å². The average molecular weight is 258 g/mol. The van der Waals surface area contributed by atoms with E-state index in [9.17, 15) is 0 Å². The second kappa shape index (κ2) is 4.21. The van der Waals surface area contributed by atoms with Crippen molar-refractivity contribution in [3.8, 4) is 11.1 Å². The molecule has 3 aromatic carbocycles. The monoisotopic (exact) mass is 258 g/mol. The minimum absolute atomic E-state index is 0.588. The molecular formula is C20H18. The number of hydrogen-bond acceptors (Lipinski definition) is 0. The van der Waals surface area contributed by atoms with E-state index >= 15 is 0 Å². The Morgan fingerprint density at radius 1 is 0.850 bits per heavy atom. The van der Waals surface area contributed by atoms with Gasteiger partial charge in [0.05, 0.1) is 0 Å². The summed E-state index contributed by atoms with van der Waals surface area (Å²) in [6, 6.07) is 20.3. The Kier molecular flexibility index (Phi) is 2.47. The SMILES string of the molecule is CC(C)c1ccc2c(c1)-c1ccc3ccccc3c1C2. The highest BCUT2D eigenvalue weighted by Gasteiger charge is 2.20. The van der Waals surface area contributed by atoms with Gasteiger partial charge in [-0.25, -0.2) is 0 Å². The number of hydrogen-bond donors (Lipinski definition) is 0. The molecule has 20 heavy (non-hydrogen) atoms. The normalized spacial score (nSPS) is 12.8. The van der Waals surface area contributed by atoms with Gasteiger partial charge in [-0.3, -0.25) is 0 Å². The highest BCUT2D eigenvalue weighted by Crippen LogP contribution is 2.41. The summed E-state index contributed by atoms with van der Waals surface area (Å²) >= 11 is 0. The molecule has 0 fully saturated rings. The van der Waals surface area contributed by atoms with Crippen LogP contribution in [0.15, 0.2) is 54.6 Å². The smallest absolute Gasteiger partial charge is 0.000728 e. The van der Waals surface area contributed by atoms with Crippen LogP contribution in [0.25, 0.3) is 21.9 Å². The van der Waals surface area contributed by atoms with Crippen LogP contribution in [-0.4, -0.2) is 0 Å². The van der Waals surface area contributed by atoms with E-state index in [1.54, 1.807) is 0 Å². The molecule has 3 aromatic rings. The van der Waals surface area contributed by atoms with Crippen LogP contribution >= 0.6 is 0 Å². The Balaban J connectivity index is 1.98. The second-order valence-electron chi connectivity index (χ2n) is 6.06. The third kappa shape index (κ3) is 1.61. The van der Waals surface area contributed by atoms with E-state index in [1.807, 2.05) is 0 Å². The predicted octanol–water partition coefficient (Wildman–Crippen LogP) is 5.53. The molecule has 0 radical (unpaired) electrons. The van der Waals surface area contributed by atoms with Crippen molar-refractivity contribution in [2.24, 2.45) is 0 Å². The molecule has 0 aromatic heterocycles. The Bertz CT molecular complexity index is 809. The van der Waals surface area contributed by atoms with Gasteiger partial charge in [-0.2, -0.15) is 0 Å². The van der Waals surface area contributed by atoms with Gasteiger partial charge in [0.25, 0.3) is 0 Å². The van der Waals surface area contributed by atoms with E-state index in [4.69, 9.17) is 0 Å². The van der Waals surface area contributed by atoms with E-state index in [1.165, 1.54) is 38.6 Å². The fraction of sp³-hybridized carbons (Fsp3) is 0.200. The largest absolute Gasteiger partial charge is 0.0616 e. The third-order valence-corrected chi connectivity index (χ3v) is 4.50. The zero-order valence-corrected chi connectivity index (χ0v) is 12.0. The van der Waals surface area contributed by atoms with Gasteiger partial charge in [0.1, 0.15) is 0 Å². The summed E-state index contributed by atoms with van der Waals surface area (Å²) in [5.41, 5.74) is 7.28. The van der Waals surface area contributed by atoms with Crippen molar-refractivity contribution in [1.82, 2.24) is 0 Å². The predicted molar refractivity (Wildman–Crippen MR) is 86.3 cm³/mol. The molecule has 0 unspecified atom stereocenters. The Hall–Kier alpha value is -2.08. The van der Waals surface area contributed by atoms with Crippen LogP contribution < -0.4 is 0 Å². The molecule has 0 heteroatoms. The van der Waals surface area contributed by atoms with Gasteiger partial charge in [0, 0.05) is 0 Å². The fourth-order valence-corrected chi connectivity index (χ4v) is 3.33. The first-order valence-electron chi connectivity index (χ1n) is 7.38. The number of rotatable bonds is 1. The minimum atomic E-state index is 0.588. The zero-order chi connectivity index (χ0) is 13.7. The third-order valence-electron chi connectivity index (χ3n) is 4.50. The van der Waals surface area contributed by atoms with Crippen molar-refractivity contribution in [3.05, 3.63) is 71.3 Å². The Morgan fingerprint density at radius 3 is 2.55 bits per heavy atom. The molecular weight excluding hydrogens is 240 g/mol. The van der Waals surface area contributed by atoms with Crippen molar-refractivity contribution in [1.29, 1.82) is 0 Å². The lowest BCUT2D eigenvalue weighted by Gasteiger charge is -2.09. The van der Waals surface area contributed by atoms with Crippen LogP contribution in [0, 0.1) is 0 Å². The summed E-state index contributed by atoms with van der Waals surface area (Å²) in [6.07, 6.45) is 1.07. The van der Waals surface area contributed by atoms with E-state index < -0.39 is 0 Å². The zero-order valence-electron chi connectivity index (χ0n) is 12.0. The van der Waals surface area contributed by atoms with Crippen LogP contribution in [0.5, 0.6) is 0 Å². The van der Waals surface area contributed by atoms with Crippen molar-refractivity contribution < 1.29 is 0 Å². The molecule has 0 saturated carbocycles. The molecule has 4 rings (SSSR count). The summed E-state index contributed by atoms with van der Waals surface area (Å²) in [7, 11) is 0. The molecule has 98 valence electrons. The van der Waals surface area contributed by atoms with Crippen molar-refractivity contribution in [2.45, 2.75) is 26.2 Å². The first kappa shape index (κ1) is 11.7. The van der Waals surface area contributed by atoms with Crippen LogP contribution in [0.2, 0.25) is 0 Å². The number of fused-ring (bicyclic) bond motifs is 5. The van der Waals surface area contributed by atoms with Crippen LogP contribution in [0.1, 0.15) is 36.5 Å². The highest BCUT2D eigenvalue weighted by molar-refractivity contribution is 5.95. The van der Waals surface area contributed by atoms with Gasteiger partial charge in [0.2, 0.25) is 0 Å². The summed E-state index contributed by atoms with van der Waals surface area (Å²) < 4.78 is 0. The molecule has 0 amide bonds. The first-order chi connectivity index (χ1) is 9.74. The van der Waals surface area contributed by atoms with E-state index in [0.29, 0.717) is 5.92 Å². The quantitative estimate of drug-likeness (QED) is 0.421. The molecule has 0 heterocycles. The first-order valence-corrected chi connectivity index (χ1v) is 7.38. The maximum Gasteiger partial charge on any atom is -0.000728 e. The number of benzene rings is 3. The summed E-state index contributed by atoms with van der Waals surface area (Å²) in [4.78, 5) is 0. The molecule has 1 aliphatic rings. The van der Waals surface area contributed by atoms with Gasteiger partial charge in [0.15, 0.2) is 0 Å². The van der Waals surface area contributed by atoms with Crippen LogP contribution in [-0.2, 0) is 6.42 Å². The van der Waals surface area contributed by atoms with Crippen molar-refractivity contribution in [3.63, 3.8) is 0 Å². The van der Waals surface area contributed by atoms with E-state index in [2.05, 4.69) is 68.4 Å². The topological polar surface area (TPSA) is 0 Å². The Labute approximate surface area is 120 Å². The molecule has 0 atom stereocenters. The fourth-order valence-electron chi connectivity index (χ4n) is 3.33. The molecule has 0 nitrogen and oxygen atoms in total. The van der Waals surface area contributed by atoms with Crippen molar-refractivity contribution >= 4 is 10.8 Å². The molecule has 1 aliphatic carbocycles. The summed E-state index contributed by atoms with van der Waals surface area (Å²) in [5, 5.41) is 2.76. The Morgan fingerprint density at radius 2 is 1.70 bits per heavy atom. The average Bonchev–Trinajstić information content (AvgIpc) is 2.85. The standard InChI is InChI=1S/C20H18/c1-13(2)15-7-8-16-12-20-17-6-4-3-5-14(17)9-10-18(20)19(16)11-15/h3-11,13H,12H2,1-2H3.